The predicted octanol–water partition coefficient (Wildman–Crippen LogP) is 3.03. The molecular weight excluding hydrogens is 326 g/mol. The van der Waals surface area contributed by atoms with Crippen LogP contribution in [0.2, 0.25) is 0 Å². The summed E-state index contributed by atoms with van der Waals surface area (Å²) in [5.41, 5.74) is 0. The summed E-state index contributed by atoms with van der Waals surface area (Å²) in [5.74, 6) is 1.35. The first-order valence-electron chi connectivity index (χ1n) is 8.30. The predicted molar refractivity (Wildman–Crippen MR) is 90.8 cm³/mol. The van der Waals surface area contributed by atoms with Crippen LogP contribution in [0, 0.1) is 5.92 Å². The van der Waals surface area contributed by atoms with Gasteiger partial charge in [-0.1, -0.05) is 26.8 Å². The second-order valence-corrected chi connectivity index (χ2v) is 7.49. The van der Waals surface area contributed by atoms with Crippen LogP contribution in [0.5, 0.6) is 0 Å². The van der Waals surface area contributed by atoms with Gasteiger partial charge in [-0.3, -0.25) is 4.79 Å². The van der Waals surface area contributed by atoms with E-state index < -0.39 is 0 Å². The largest absolute Gasteiger partial charge is 0.422 e. The minimum absolute atomic E-state index is 0.0451. The highest BCUT2D eigenvalue weighted by Crippen LogP contribution is 2.25. The molecule has 0 bridgehead atoms. The molecule has 0 aromatic carbocycles. The van der Waals surface area contributed by atoms with E-state index in [-0.39, 0.29) is 23.8 Å². The van der Waals surface area contributed by atoms with Gasteiger partial charge in [0.15, 0.2) is 6.10 Å². The molecule has 3 heterocycles. The van der Waals surface area contributed by atoms with Crippen molar-refractivity contribution in [3.05, 3.63) is 34.2 Å². The Balaban J connectivity index is 1.62. The van der Waals surface area contributed by atoms with Gasteiger partial charge in [-0.25, -0.2) is 0 Å². The molecule has 1 fully saturated rings. The summed E-state index contributed by atoms with van der Waals surface area (Å²) in [6.45, 7) is 7.54. The average molecular weight is 349 g/mol. The normalized spacial score (nSPS) is 19.7. The number of rotatable bonds is 5. The lowest BCUT2D eigenvalue weighted by Crippen LogP contribution is -2.44. The molecule has 6 nitrogen and oxygen atoms in total. The Morgan fingerprint density at radius 2 is 2.25 bits per heavy atom. The second kappa shape index (κ2) is 7.44. The first-order chi connectivity index (χ1) is 11.5. The molecule has 0 spiro atoms. The molecule has 1 aliphatic rings. The Labute approximate surface area is 145 Å². The topological polar surface area (TPSA) is 68.5 Å². The van der Waals surface area contributed by atoms with E-state index in [1.54, 1.807) is 11.3 Å². The molecule has 7 heteroatoms. The third kappa shape index (κ3) is 3.84. The minimum atomic E-state index is -0.336. The molecule has 0 N–H and O–H groups in total. The number of morpholine rings is 1. The molecule has 3 rings (SSSR count). The van der Waals surface area contributed by atoms with E-state index >= 15 is 0 Å². The first kappa shape index (κ1) is 17.1. The van der Waals surface area contributed by atoms with Crippen molar-refractivity contribution in [2.75, 3.05) is 19.7 Å². The van der Waals surface area contributed by atoms with E-state index in [0.717, 1.165) is 6.42 Å². The maximum atomic E-state index is 12.7. The van der Waals surface area contributed by atoms with E-state index in [1.165, 1.54) is 4.88 Å². The third-order valence-corrected chi connectivity index (χ3v) is 5.01. The standard InChI is InChI=1S/C17H23N3O3S/c1-11(2)15-18-19-16(23-15)14-10-20(6-7-22-14)17(21)12(3)9-13-5-4-8-24-13/h4-5,8,11-12,14H,6-7,9-10H2,1-3H3/t12-,14-/m1/s1. The van der Waals surface area contributed by atoms with Gasteiger partial charge in [-0.05, 0) is 17.9 Å². The SMILES string of the molecule is CC(C)c1nnc([C@H]2CN(C(=O)[C@H](C)Cc3cccs3)CCO2)o1. The highest BCUT2D eigenvalue weighted by molar-refractivity contribution is 7.09. The fraction of sp³-hybridized carbons (Fsp3) is 0.588. The molecule has 0 radical (unpaired) electrons. The number of aromatic nitrogens is 2. The molecular formula is C17H23N3O3S. The Morgan fingerprint density at radius 1 is 1.42 bits per heavy atom. The van der Waals surface area contributed by atoms with Crippen molar-refractivity contribution in [3.63, 3.8) is 0 Å². The summed E-state index contributed by atoms with van der Waals surface area (Å²) in [7, 11) is 0. The van der Waals surface area contributed by atoms with Crippen molar-refractivity contribution in [2.24, 2.45) is 5.92 Å². The zero-order valence-corrected chi connectivity index (χ0v) is 15.1. The molecule has 24 heavy (non-hydrogen) atoms. The van der Waals surface area contributed by atoms with Crippen LogP contribution in [0.15, 0.2) is 21.9 Å². The van der Waals surface area contributed by atoms with E-state index in [4.69, 9.17) is 9.15 Å². The maximum absolute atomic E-state index is 12.7. The van der Waals surface area contributed by atoms with Gasteiger partial charge in [0.05, 0.1) is 13.2 Å². The Bertz CT molecular complexity index is 668. The quantitative estimate of drug-likeness (QED) is 0.830. The number of ether oxygens (including phenoxy) is 1. The van der Waals surface area contributed by atoms with E-state index in [1.807, 2.05) is 37.1 Å². The van der Waals surface area contributed by atoms with Crippen LogP contribution in [0.1, 0.15) is 49.5 Å². The number of hydrogen-bond donors (Lipinski definition) is 0. The Morgan fingerprint density at radius 3 is 2.92 bits per heavy atom. The van der Waals surface area contributed by atoms with Gasteiger partial charge in [0.1, 0.15) is 0 Å². The molecule has 0 saturated carbocycles. The molecule has 2 aromatic heterocycles. The molecule has 0 unspecified atom stereocenters. The lowest BCUT2D eigenvalue weighted by molar-refractivity contribution is -0.143. The molecule has 1 aliphatic heterocycles. The van der Waals surface area contributed by atoms with Crippen LogP contribution < -0.4 is 0 Å². The smallest absolute Gasteiger partial charge is 0.247 e. The number of hydrogen-bond acceptors (Lipinski definition) is 6. The average Bonchev–Trinajstić information content (AvgIpc) is 3.25. The molecule has 2 aromatic rings. The fourth-order valence-corrected chi connectivity index (χ4v) is 3.57. The van der Waals surface area contributed by atoms with Crippen molar-refractivity contribution >= 4 is 17.2 Å². The minimum Gasteiger partial charge on any atom is -0.422 e. The van der Waals surface area contributed by atoms with Gasteiger partial charge < -0.3 is 14.1 Å². The fourth-order valence-electron chi connectivity index (χ4n) is 2.74. The highest BCUT2D eigenvalue weighted by atomic mass is 32.1. The van der Waals surface area contributed by atoms with Crippen LogP contribution in [0.4, 0.5) is 0 Å². The molecule has 0 aliphatic carbocycles. The van der Waals surface area contributed by atoms with E-state index in [0.29, 0.717) is 31.5 Å². The molecule has 1 amide bonds. The monoisotopic (exact) mass is 349 g/mol. The van der Waals surface area contributed by atoms with Gasteiger partial charge >= 0.3 is 0 Å². The number of carbonyl (C=O) groups excluding carboxylic acids is 1. The first-order valence-corrected chi connectivity index (χ1v) is 9.18. The molecule has 130 valence electrons. The zero-order chi connectivity index (χ0) is 17.1. The summed E-state index contributed by atoms with van der Waals surface area (Å²) in [6.07, 6.45) is 0.438. The van der Waals surface area contributed by atoms with E-state index in [2.05, 4.69) is 16.3 Å². The summed E-state index contributed by atoms with van der Waals surface area (Å²) in [6, 6.07) is 4.09. The van der Waals surface area contributed by atoms with Gasteiger partial charge in [0.2, 0.25) is 17.7 Å². The number of thiophene rings is 1. The van der Waals surface area contributed by atoms with Crippen LogP contribution in [-0.4, -0.2) is 40.7 Å². The summed E-state index contributed by atoms with van der Waals surface area (Å²) in [5, 5.41) is 10.2. The lowest BCUT2D eigenvalue weighted by Gasteiger charge is -2.33. The third-order valence-electron chi connectivity index (χ3n) is 4.11. The second-order valence-electron chi connectivity index (χ2n) is 6.46. The van der Waals surface area contributed by atoms with Gasteiger partial charge in [0, 0.05) is 23.3 Å². The maximum Gasteiger partial charge on any atom is 0.247 e. The Hall–Kier alpha value is -1.73. The summed E-state index contributed by atoms with van der Waals surface area (Å²) in [4.78, 5) is 15.8. The van der Waals surface area contributed by atoms with Gasteiger partial charge in [-0.15, -0.1) is 21.5 Å². The van der Waals surface area contributed by atoms with Gasteiger partial charge in [0.25, 0.3) is 0 Å². The van der Waals surface area contributed by atoms with Crippen LogP contribution >= 0.6 is 11.3 Å². The number of nitrogens with zero attached hydrogens (tertiary/aromatic N) is 3. The van der Waals surface area contributed by atoms with Crippen LogP contribution in [0.3, 0.4) is 0 Å². The highest BCUT2D eigenvalue weighted by Gasteiger charge is 2.31. The van der Waals surface area contributed by atoms with Crippen LogP contribution in [0.25, 0.3) is 0 Å². The van der Waals surface area contributed by atoms with E-state index in [9.17, 15) is 4.79 Å². The van der Waals surface area contributed by atoms with Crippen molar-refractivity contribution in [1.29, 1.82) is 0 Å². The van der Waals surface area contributed by atoms with Crippen molar-refractivity contribution in [2.45, 2.75) is 39.2 Å². The van der Waals surface area contributed by atoms with Crippen LogP contribution in [-0.2, 0) is 16.0 Å². The van der Waals surface area contributed by atoms with Crippen molar-refractivity contribution in [1.82, 2.24) is 15.1 Å². The van der Waals surface area contributed by atoms with Gasteiger partial charge in [-0.2, -0.15) is 0 Å². The van der Waals surface area contributed by atoms with Crippen molar-refractivity contribution in [3.8, 4) is 0 Å². The number of amides is 1. The zero-order valence-electron chi connectivity index (χ0n) is 14.3. The molecule has 2 atom stereocenters. The van der Waals surface area contributed by atoms with Crippen molar-refractivity contribution < 1.29 is 13.9 Å². The Kier molecular flexibility index (Phi) is 5.30. The summed E-state index contributed by atoms with van der Waals surface area (Å²) < 4.78 is 11.4. The lowest BCUT2D eigenvalue weighted by atomic mass is 10.0. The number of carbonyl (C=O) groups is 1. The molecule has 1 saturated heterocycles. The summed E-state index contributed by atoms with van der Waals surface area (Å²) >= 11 is 1.69.